The summed E-state index contributed by atoms with van der Waals surface area (Å²) < 4.78 is 1.89. The van der Waals surface area contributed by atoms with Gasteiger partial charge in [-0.2, -0.15) is 5.10 Å². The summed E-state index contributed by atoms with van der Waals surface area (Å²) in [6.07, 6.45) is 0.481. The average molecular weight is 327 g/mol. The van der Waals surface area contributed by atoms with Gasteiger partial charge in [-0.3, -0.25) is 4.79 Å². The number of nitrogens with zero attached hydrogens (tertiary/aromatic N) is 2. The number of hydrogen-bond acceptors (Lipinski definition) is 2. The third-order valence-corrected chi connectivity index (χ3v) is 3.68. The van der Waals surface area contributed by atoms with Crippen LogP contribution in [0.15, 0.2) is 36.4 Å². The first-order valence-corrected chi connectivity index (χ1v) is 8.47. The van der Waals surface area contributed by atoms with Crippen molar-refractivity contribution in [3.05, 3.63) is 47.7 Å². The number of amides is 1. The number of benzene rings is 1. The highest BCUT2D eigenvalue weighted by molar-refractivity contribution is 5.90. The maximum absolute atomic E-state index is 12.3. The van der Waals surface area contributed by atoms with E-state index in [4.69, 9.17) is 5.10 Å². The SMILES string of the molecule is CC(C)(C)CC(=O)Nc1cc(C(C)(C)C)nn1Cc1ccccc1. The van der Waals surface area contributed by atoms with Crippen LogP contribution in [0.25, 0.3) is 0 Å². The fourth-order valence-electron chi connectivity index (χ4n) is 2.43. The molecule has 0 aliphatic rings. The fourth-order valence-corrected chi connectivity index (χ4v) is 2.43. The highest BCUT2D eigenvalue weighted by Gasteiger charge is 2.22. The molecular weight excluding hydrogens is 298 g/mol. The van der Waals surface area contributed by atoms with E-state index in [2.05, 4.69) is 59.0 Å². The van der Waals surface area contributed by atoms with E-state index in [-0.39, 0.29) is 16.7 Å². The van der Waals surface area contributed by atoms with Crippen LogP contribution in [0.3, 0.4) is 0 Å². The van der Waals surface area contributed by atoms with Crippen LogP contribution in [0.5, 0.6) is 0 Å². The minimum Gasteiger partial charge on any atom is -0.311 e. The summed E-state index contributed by atoms with van der Waals surface area (Å²) in [5.74, 6) is 0.787. The largest absolute Gasteiger partial charge is 0.311 e. The van der Waals surface area contributed by atoms with Crippen molar-refractivity contribution in [2.24, 2.45) is 5.41 Å². The smallest absolute Gasteiger partial charge is 0.226 e. The van der Waals surface area contributed by atoms with Gasteiger partial charge < -0.3 is 5.32 Å². The Morgan fingerprint density at radius 1 is 1.08 bits per heavy atom. The third-order valence-electron chi connectivity index (χ3n) is 3.68. The molecule has 24 heavy (non-hydrogen) atoms. The van der Waals surface area contributed by atoms with E-state index in [0.29, 0.717) is 13.0 Å². The fraction of sp³-hybridized carbons (Fsp3) is 0.500. The molecule has 1 heterocycles. The van der Waals surface area contributed by atoms with Crippen LogP contribution < -0.4 is 5.32 Å². The molecule has 130 valence electrons. The summed E-state index contributed by atoms with van der Waals surface area (Å²) in [5, 5.41) is 7.77. The van der Waals surface area contributed by atoms with Gasteiger partial charge in [0.25, 0.3) is 0 Å². The van der Waals surface area contributed by atoms with Gasteiger partial charge in [0.05, 0.1) is 12.2 Å². The van der Waals surface area contributed by atoms with E-state index in [0.717, 1.165) is 17.1 Å². The van der Waals surface area contributed by atoms with E-state index in [1.54, 1.807) is 0 Å². The van der Waals surface area contributed by atoms with Gasteiger partial charge in [0.2, 0.25) is 5.91 Å². The van der Waals surface area contributed by atoms with Gasteiger partial charge in [0.1, 0.15) is 5.82 Å². The lowest BCUT2D eigenvalue weighted by molar-refractivity contribution is -0.117. The number of hydrogen-bond donors (Lipinski definition) is 1. The topological polar surface area (TPSA) is 46.9 Å². The first-order chi connectivity index (χ1) is 11.0. The Morgan fingerprint density at radius 3 is 2.25 bits per heavy atom. The van der Waals surface area contributed by atoms with Crippen LogP contribution in [0, 0.1) is 5.41 Å². The summed E-state index contributed by atoms with van der Waals surface area (Å²) in [7, 11) is 0. The Bertz CT molecular complexity index is 688. The summed E-state index contributed by atoms with van der Waals surface area (Å²) in [6, 6.07) is 12.2. The summed E-state index contributed by atoms with van der Waals surface area (Å²) in [6.45, 7) is 13.2. The molecule has 4 nitrogen and oxygen atoms in total. The lowest BCUT2D eigenvalue weighted by Gasteiger charge is -2.17. The van der Waals surface area contributed by atoms with E-state index in [1.165, 1.54) is 0 Å². The van der Waals surface area contributed by atoms with Crippen molar-refractivity contribution in [3.8, 4) is 0 Å². The lowest BCUT2D eigenvalue weighted by Crippen LogP contribution is -2.21. The molecule has 1 aromatic heterocycles. The third kappa shape index (κ3) is 5.22. The molecule has 0 radical (unpaired) electrons. The molecule has 2 aromatic rings. The van der Waals surface area contributed by atoms with Gasteiger partial charge in [0.15, 0.2) is 0 Å². The van der Waals surface area contributed by atoms with E-state index < -0.39 is 0 Å². The second-order valence-electron chi connectivity index (χ2n) is 8.59. The van der Waals surface area contributed by atoms with Crippen molar-refractivity contribution in [2.75, 3.05) is 5.32 Å². The van der Waals surface area contributed by atoms with Crippen LogP contribution in [-0.4, -0.2) is 15.7 Å². The lowest BCUT2D eigenvalue weighted by atomic mass is 9.92. The Balaban J connectivity index is 2.27. The maximum atomic E-state index is 12.3. The molecule has 0 atom stereocenters. The van der Waals surface area contributed by atoms with E-state index >= 15 is 0 Å². The Kier molecular flexibility index (Phi) is 5.16. The first-order valence-electron chi connectivity index (χ1n) is 8.47. The first kappa shape index (κ1) is 18.2. The molecule has 0 unspecified atom stereocenters. The van der Waals surface area contributed by atoms with Gasteiger partial charge in [0, 0.05) is 17.9 Å². The normalized spacial score (nSPS) is 12.2. The molecule has 0 saturated carbocycles. The Hall–Kier alpha value is -2.10. The van der Waals surface area contributed by atoms with Gasteiger partial charge in [-0.15, -0.1) is 0 Å². The number of carbonyl (C=O) groups is 1. The van der Waals surface area contributed by atoms with Crippen molar-refractivity contribution in [2.45, 2.75) is 59.9 Å². The molecule has 4 heteroatoms. The molecule has 0 aliphatic carbocycles. The minimum absolute atomic E-state index is 0.0252. The van der Waals surface area contributed by atoms with Crippen molar-refractivity contribution < 1.29 is 4.79 Å². The van der Waals surface area contributed by atoms with Crippen molar-refractivity contribution in [3.63, 3.8) is 0 Å². The van der Waals surface area contributed by atoms with Gasteiger partial charge >= 0.3 is 0 Å². The highest BCUT2D eigenvalue weighted by atomic mass is 16.1. The van der Waals surface area contributed by atoms with Gasteiger partial charge in [-0.05, 0) is 11.0 Å². The van der Waals surface area contributed by atoms with Crippen LogP contribution in [0.2, 0.25) is 0 Å². The maximum Gasteiger partial charge on any atom is 0.226 e. The van der Waals surface area contributed by atoms with Gasteiger partial charge in [-0.1, -0.05) is 71.9 Å². The van der Waals surface area contributed by atoms with Crippen molar-refractivity contribution in [1.29, 1.82) is 0 Å². The predicted molar refractivity (Wildman–Crippen MR) is 99.2 cm³/mol. The molecule has 1 N–H and O–H groups in total. The van der Waals surface area contributed by atoms with Crippen LogP contribution in [-0.2, 0) is 16.8 Å². The monoisotopic (exact) mass is 327 g/mol. The zero-order chi connectivity index (χ0) is 18.0. The molecular formula is C20H29N3O. The van der Waals surface area contributed by atoms with Crippen LogP contribution >= 0.6 is 0 Å². The number of anilines is 1. The highest BCUT2D eigenvalue weighted by Crippen LogP contribution is 2.26. The number of aromatic nitrogens is 2. The molecule has 0 aliphatic heterocycles. The number of rotatable bonds is 4. The second-order valence-corrected chi connectivity index (χ2v) is 8.59. The van der Waals surface area contributed by atoms with Crippen molar-refractivity contribution >= 4 is 11.7 Å². The minimum atomic E-state index is -0.0640. The summed E-state index contributed by atoms with van der Waals surface area (Å²) in [4.78, 5) is 12.3. The van der Waals surface area contributed by atoms with E-state index in [1.807, 2.05) is 28.9 Å². The molecule has 0 bridgehead atoms. The average Bonchev–Trinajstić information content (AvgIpc) is 2.80. The molecule has 1 aromatic carbocycles. The molecule has 0 fully saturated rings. The summed E-state index contributed by atoms with van der Waals surface area (Å²) in [5.41, 5.74) is 2.03. The zero-order valence-corrected chi connectivity index (χ0v) is 15.7. The standard InChI is InChI=1S/C20H29N3O/c1-19(2,3)13-18(24)21-17-12-16(20(4,5)6)22-23(17)14-15-10-8-7-9-11-15/h7-12H,13-14H2,1-6H3,(H,21,24). The number of carbonyl (C=O) groups excluding carboxylic acids is 1. The van der Waals surface area contributed by atoms with Gasteiger partial charge in [-0.25, -0.2) is 4.68 Å². The quantitative estimate of drug-likeness (QED) is 0.892. The zero-order valence-electron chi connectivity index (χ0n) is 15.7. The Morgan fingerprint density at radius 2 is 1.71 bits per heavy atom. The molecule has 0 spiro atoms. The second kappa shape index (κ2) is 6.80. The summed E-state index contributed by atoms with van der Waals surface area (Å²) >= 11 is 0. The molecule has 0 saturated heterocycles. The number of nitrogens with one attached hydrogen (secondary N) is 1. The Labute approximate surface area is 145 Å². The predicted octanol–water partition coefficient (Wildman–Crippen LogP) is 4.60. The van der Waals surface area contributed by atoms with Crippen LogP contribution in [0.1, 0.15) is 59.2 Å². The molecule has 2 rings (SSSR count). The van der Waals surface area contributed by atoms with Crippen LogP contribution in [0.4, 0.5) is 5.82 Å². The molecule has 1 amide bonds. The van der Waals surface area contributed by atoms with Crippen molar-refractivity contribution in [1.82, 2.24) is 9.78 Å². The van der Waals surface area contributed by atoms with E-state index in [9.17, 15) is 4.79 Å².